The average molecular weight is 525 g/mol. The second-order valence-electron chi connectivity index (χ2n) is 10.0. The molecule has 2 aromatic carbocycles. The number of hydrogen-bond donors (Lipinski definition) is 4. The normalized spacial score (nSPS) is 16.4. The van der Waals surface area contributed by atoms with Gasteiger partial charge < -0.3 is 25.6 Å². The molecule has 0 aliphatic heterocycles. The molecular weight excluding hydrogens is 492 g/mol. The van der Waals surface area contributed by atoms with Crippen LogP contribution >= 0.6 is 0 Å². The van der Waals surface area contributed by atoms with Crippen LogP contribution in [0.15, 0.2) is 67.0 Å². The molecule has 4 N–H and O–H groups in total. The minimum Gasteiger partial charge on any atom is -0.393 e. The van der Waals surface area contributed by atoms with Crippen LogP contribution in [0.3, 0.4) is 0 Å². The largest absolute Gasteiger partial charge is 0.393 e. The summed E-state index contributed by atoms with van der Waals surface area (Å²) in [5.41, 5.74) is 6.17. The molecule has 0 atom stereocenters. The molecule has 39 heavy (non-hydrogen) atoms. The summed E-state index contributed by atoms with van der Waals surface area (Å²) in [5, 5.41) is 19.4. The number of amides is 2. The summed E-state index contributed by atoms with van der Waals surface area (Å²) in [5.74, 6) is 0.678. The van der Waals surface area contributed by atoms with Gasteiger partial charge in [0.2, 0.25) is 0 Å². The van der Waals surface area contributed by atoms with Crippen molar-refractivity contribution in [3.05, 3.63) is 72.6 Å². The van der Waals surface area contributed by atoms with Gasteiger partial charge in [-0.3, -0.25) is 9.59 Å². The molecule has 200 valence electrons. The van der Waals surface area contributed by atoms with E-state index in [0.29, 0.717) is 35.1 Å². The lowest BCUT2D eigenvalue weighted by molar-refractivity contribution is -0.112. The molecule has 4 aromatic rings. The van der Waals surface area contributed by atoms with Gasteiger partial charge in [0.15, 0.2) is 0 Å². The van der Waals surface area contributed by atoms with E-state index in [9.17, 15) is 14.7 Å². The van der Waals surface area contributed by atoms with Gasteiger partial charge in [-0.15, -0.1) is 0 Å². The molecule has 1 fully saturated rings. The van der Waals surface area contributed by atoms with Crippen LogP contribution in [0.25, 0.3) is 33.4 Å². The molecule has 0 unspecified atom stereocenters. The van der Waals surface area contributed by atoms with E-state index in [0.717, 1.165) is 46.3 Å². The van der Waals surface area contributed by atoms with Gasteiger partial charge in [-0.05, 0) is 61.1 Å². The topological polar surface area (TPSA) is 121 Å². The zero-order valence-corrected chi connectivity index (χ0v) is 22.3. The monoisotopic (exact) mass is 524 g/mol. The standard InChI is InChI=1S/C30H32N6O3/c1-17(2)29(38)35-22-11-9-20(10-12-22)26-24(25-27(31-3)33-16-34-28(25)36(26)4)19-5-7-21(8-6-19)30(39)32-15-18-13-23(37)14-18/h5-12,16,18,23,37H,1,13-15H2,2-4H3,(H,32,39)(H,35,38)(H,31,33,34). The van der Waals surface area contributed by atoms with E-state index >= 15 is 0 Å². The number of rotatable bonds is 8. The molecule has 1 aliphatic carbocycles. The zero-order chi connectivity index (χ0) is 27.7. The third-order valence-corrected chi connectivity index (χ3v) is 7.21. The molecule has 9 heteroatoms. The van der Waals surface area contributed by atoms with Gasteiger partial charge in [-0.25, -0.2) is 9.97 Å². The highest BCUT2D eigenvalue weighted by molar-refractivity contribution is 6.09. The van der Waals surface area contributed by atoms with E-state index in [1.54, 1.807) is 6.92 Å². The highest BCUT2D eigenvalue weighted by atomic mass is 16.3. The lowest BCUT2D eigenvalue weighted by Gasteiger charge is -2.31. The van der Waals surface area contributed by atoms with Crippen molar-refractivity contribution in [2.24, 2.45) is 13.0 Å². The van der Waals surface area contributed by atoms with Crippen molar-refractivity contribution in [2.45, 2.75) is 25.9 Å². The van der Waals surface area contributed by atoms with Gasteiger partial charge in [0, 0.05) is 43.0 Å². The van der Waals surface area contributed by atoms with Crippen LogP contribution in [0.5, 0.6) is 0 Å². The van der Waals surface area contributed by atoms with Crippen LogP contribution in [0.2, 0.25) is 0 Å². The molecule has 0 saturated heterocycles. The van der Waals surface area contributed by atoms with Gasteiger partial charge in [0.25, 0.3) is 11.8 Å². The van der Waals surface area contributed by atoms with Crippen LogP contribution in [-0.2, 0) is 11.8 Å². The molecule has 1 aliphatic rings. The van der Waals surface area contributed by atoms with Gasteiger partial charge >= 0.3 is 0 Å². The van der Waals surface area contributed by atoms with Gasteiger partial charge in [0.05, 0.1) is 17.2 Å². The first-order chi connectivity index (χ1) is 18.8. The Morgan fingerprint density at radius 2 is 1.72 bits per heavy atom. The van der Waals surface area contributed by atoms with Crippen molar-refractivity contribution in [3.63, 3.8) is 0 Å². The third-order valence-electron chi connectivity index (χ3n) is 7.21. The van der Waals surface area contributed by atoms with Crippen LogP contribution < -0.4 is 16.0 Å². The van der Waals surface area contributed by atoms with Gasteiger partial charge in [-0.2, -0.15) is 0 Å². The van der Waals surface area contributed by atoms with Crippen molar-refractivity contribution in [2.75, 3.05) is 24.2 Å². The zero-order valence-electron chi connectivity index (χ0n) is 22.3. The number of fused-ring (bicyclic) bond motifs is 1. The average Bonchev–Trinajstić information content (AvgIpc) is 3.23. The molecule has 5 rings (SSSR count). The van der Waals surface area contributed by atoms with E-state index in [1.165, 1.54) is 6.33 Å². The quantitative estimate of drug-likeness (QED) is 0.254. The number of carbonyl (C=O) groups is 2. The number of aliphatic hydroxyl groups is 1. The Hall–Kier alpha value is -4.50. The molecule has 2 heterocycles. The highest BCUT2D eigenvalue weighted by Gasteiger charge is 2.27. The van der Waals surface area contributed by atoms with E-state index in [1.807, 2.05) is 67.2 Å². The highest BCUT2D eigenvalue weighted by Crippen LogP contribution is 2.42. The SMILES string of the molecule is C=C(C)C(=O)Nc1ccc(-c2c(-c3ccc(C(=O)NCC4CC(O)C4)cc3)c3c(NC)ncnc3n2C)cc1. The van der Waals surface area contributed by atoms with E-state index < -0.39 is 0 Å². The molecule has 2 aromatic heterocycles. The Morgan fingerprint density at radius 3 is 2.33 bits per heavy atom. The van der Waals surface area contributed by atoms with Crippen LogP contribution in [0, 0.1) is 5.92 Å². The number of benzene rings is 2. The number of aliphatic hydroxyl groups excluding tert-OH is 1. The lowest BCUT2D eigenvalue weighted by Crippen LogP contribution is -2.38. The van der Waals surface area contributed by atoms with Crippen molar-refractivity contribution in [3.8, 4) is 22.4 Å². The summed E-state index contributed by atoms with van der Waals surface area (Å²) < 4.78 is 2.03. The fourth-order valence-corrected chi connectivity index (χ4v) is 5.01. The summed E-state index contributed by atoms with van der Waals surface area (Å²) in [6.45, 7) is 5.92. The Bertz CT molecular complexity index is 1550. The number of hydrogen-bond acceptors (Lipinski definition) is 6. The smallest absolute Gasteiger partial charge is 0.251 e. The van der Waals surface area contributed by atoms with E-state index in [2.05, 4.69) is 32.5 Å². The number of anilines is 2. The number of nitrogens with one attached hydrogen (secondary N) is 3. The first kappa shape index (κ1) is 26.1. The molecule has 2 amide bonds. The van der Waals surface area contributed by atoms with Crippen LogP contribution in [0.1, 0.15) is 30.1 Å². The predicted molar refractivity (Wildman–Crippen MR) is 153 cm³/mol. The first-order valence-electron chi connectivity index (χ1n) is 12.9. The first-order valence-corrected chi connectivity index (χ1v) is 12.9. The van der Waals surface area contributed by atoms with Gasteiger partial charge in [-0.1, -0.05) is 30.8 Å². The molecule has 0 spiro atoms. The number of nitrogens with zero attached hydrogens (tertiary/aromatic N) is 3. The summed E-state index contributed by atoms with van der Waals surface area (Å²) in [6.07, 6.45) is 2.77. The van der Waals surface area contributed by atoms with E-state index in [4.69, 9.17) is 0 Å². The maximum atomic E-state index is 12.7. The Kier molecular flexibility index (Phi) is 7.17. The van der Waals surface area contributed by atoms with Crippen LogP contribution in [-0.4, -0.2) is 51.2 Å². The molecule has 1 saturated carbocycles. The maximum Gasteiger partial charge on any atom is 0.251 e. The number of aromatic nitrogens is 3. The summed E-state index contributed by atoms with van der Waals surface area (Å²) >= 11 is 0. The molecular formula is C30H32N6O3. The third kappa shape index (κ3) is 5.13. The summed E-state index contributed by atoms with van der Waals surface area (Å²) in [4.78, 5) is 33.8. The fraction of sp³-hybridized carbons (Fsp3) is 0.267. The second-order valence-corrected chi connectivity index (χ2v) is 10.0. The molecule has 9 nitrogen and oxygen atoms in total. The molecule has 0 bridgehead atoms. The van der Waals surface area contributed by atoms with Crippen molar-refractivity contribution in [1.29, 1.82) is 0 Å². The second kappa shape index (κ2) is 10.7. The van der Waals surface area contributed by atoms with E-state index in [-0.39, 0.29) is 17.9 Å². The predicted octanol–water partition coefficient (Wildman–Crippen LogP) is 4.36. The summed E-state index contributed by atoms with van der Waals surface area (Å²) in [7, 11) is 3.79. The van der Waals surface area contributed by atoms with Crippen LogP contribution in [0.4, 0.5) is 11.5 Å². The Balaban J connectivity index is 1.52. The Morgan fingerprint density at radius 1 is 1.05 bits per heavy atom. The maximum absolute atomic E-state index is 12.7. The van der Waals surface area contributed by atoms with Gasteiger partial charge in [0.1, 0.15) is 17.8 Å². The van der Waals surface area contributed by atoms with Crippen molar-refractivity contribution >= 4 is 34.4 Å². The number of carbonyl (C=O) groups excluding carboxylic acids is 2. The lowest BCUT2D eigenvalue weighted by atomic mass is 9.82. The Labute approximate surface area is 227 Å². The molecule has 0 radical (unpaired) electrons. The fourth-order valence-electron chi connectivity index (χ4n) is 5.01. The minimum absolute atomic E-state index is 0.132. The number of aryl methyl sites for hydroxylation is 1. The van der Waals surface area contributed by atoms with Crippen molar-refractivity contribution < 1.29 is 14.7 Å². The summed E-state index contributed by atoms with van der Waals surface area (Å²) in [6, 6.07) is 15.1. The minimum atomic E-state index is -0.237. The van der Waals surface area contributed by atoms with Crippen molar-refractivity contribution in [1.82, 2.24) is 19.9 Å².